The summed E-state index contributed by atoms with van der Waals surface area (Å²) in [5.74, 6) is 3.58. The maximum atomic E-state index is 5.49. The lowest BCUT2D eigenvalue weighted by atomic mass is 10.2. The van der Waals surface area contributed by atoms with Gasteiger partial charge in [0, 0.05) is 36.2 Å². The van der Waals surface area contributed by atoms with Crippen LogP contribution in [0.2, 0.25) is 0 Å². The molecule has 90 valence electrons. The van der Waals surface area contributed by atoms with Crippen LogP contribution in [0.25, 0.3) is 0 Å². The van der Waals surface area contributed by atoms with Crippen molar-refractivity contribution < 1.29 is 4.42 Å². The Bertz CT molecular complexity index is 327. The fourth-order valence-corrected chi connectivity index (χ4v) is 3.12. The van der Waals surface area contributed by atoms with Gasteiger partial charge in [0.15, 0.2) is 0 Å². The molecule has 2 heterocycles. The average molecular weight is 240 g/mol. The van der Waals surface area contributed by atoms with Gasteiger partial charge in [-0.05, 0) is 20.0 Å². The maximum absolute atomic E-state index is 5.49. The molecular formula is C12H20N2OS. The second-order valence-electron chi connectivity index (χ2n) is 4.29. The first-order valence-corrected chi connectivity index (χ1v) is 6.98. The Morgan fingerprint density at radius 3 is 3.25 bits per heavy atom. The van der Waals surface area contributed by atoms with E-state index in [-0.39, 0.29) is 0 Å². The lowest BCUT2D eigenvalue weighted by Gasteiger charge is -2.32. The van der Waals surface area contributed by atoms with Gasteiger partial charge in [0.1, 0.15) is 5.76 Å². The molecule has 1 aliphatic rings. The normalized spacial score (nSPS) is 22.5. The molecule has 1 unspecified atom stereocenters. The largest absolute Gasteiger partial charge is 0.468 e. The predicted molar refractivity (Wildman–Crippen MR) is 68.7 cm³/mol. The number of furan rings is 1. The van der Waals surface area contributed by atoms with Gasteiger partial charge >= 0.3 is 0 Å². The van der Waals surface area contributed by atoms with E-state index in [0.29, 0.717) is 6.04 Å². The van der Waals surface area contributed by atoms with Crippen molar-refractivity contribution in [3.05, 3.63) is 23.7 Å². The highest BCUT2D eigenvalue weighted by molar-refractivity contribution is 7.99. The van der Waals surface area contributed by atoms with Crippen molar-refractivity contribution in [2.24, 2.45) is 0 Å². The highest BCUT2D eigenvalue weighted by Gasteiger charge is 2.20. The topological polar surface area (TPSA) is 28.4 Å². The summed E-state index contributed by atoms with van der Waals surface area (Å²) in [6.07, 6.45) is 1.80. The standard InChI is InChI=1S/C12H20N2OS/c1-10-9-16-6-4-14(10)8-11-3-5-15-12(11)7-13-2/h3,5,10,13H,4,6-9H2,1-2H3. The summed E-state index contributed by atoms with van der Waals surface area (Å²) in [4.78, 5) is 2.54. The first-order chi connectivity index (χ1) is 7.81. The fourth-order valence-electron chi connectivity index (χ4n) is 2.04. The molecule has 1 fully saturated rings. The fraction of sp³-hybridized carbons (Fsp3) is 0.667. The van der Waals surface area contributed by atoms with E-state index in [0.717, 1.165) is 18.8 Å². The average Bonchev–Trinajstić information content (AvgIpc) is 2.70. The molecule has 16 heavy (non-hydrogen) atoms. The van der Waals surface area contributed by atoms with Crippen molar-refractivity contribution in [1.29, 1.82) is 0 Å². The molecule has 1 saturated heterocycles. The Labute approximate surface area is 102 Å². The van der Waals surface area contributed by atoms with Crippen molar-refractivity contribution in [3.8, 4) is 0 Å². The second kappa shape index (κ2) is 5.75. The zero-order valence-electron chi connectivity index (χ0n) is 10.0. The van der Waals surface area contributed by atoms with Crippen molar-refractivity contribution in [2.75, 3.05) is 25.1 Å². The van der Waals surface area contributed by atoms with Crippen molar-refractivity contribution in [1.82, 2.24) is 10.2 Å². The highest BCUT2D eigenvalue weighted by atomic mass is 32.2. The van der Waals surface area contributed by atoms with E-state index in [1.54, 1.807) is 6.26 Å². The summed E-state index contributed by atoms with van der Waals surface area (Å²) in [6.45, 7) is 5.34. The Kier molecular flexibility index (Phi) is 4.32. The van der Waals surface area contributed by atoms with Gasteiger partial charge in [-0.2, -0.15) is 11.8 Å². The second-order valence-corrected chi connectivity index (χ2v) is 5.44. The van der Waals surface area contributed by atoms with Crippen molar-refractivity contribution in [2.45, 2.75) is 26.1 Å². The third-order valence-corrected chi connectivity index (χ3v) is 4.24. The summed E-state index contributed by atoms with van der Waals surface area (Å²) >= 11 is 2.06. The van der Waals surface area contributed by atoms with Crippen molar-refractivity contribution in [3.63, 3.8) is 0 Å². The summed E-state index contributed by atoms with van der Waals surface area (Å²) < 4.78 is 5.49. The van der Waals surface area contributed by atoms with Crippen LogP contribution in [0, 0.1) is 0 Å². The van der Waals surface area contributed by atoms with E-state index < -0.39 is 0 Å². The van der Waals surface area contributed by atoms with Gasteiger partial charge < -0.3 is 9.73 Å². The van der Waals surface area contributed by atoms with Gasteiger partial charge in [0.25, 0.3) is 0 Å². The van der Waals surface area contributed by atoms with Gasteiger partial charge in [-0.3, -0.25) is 4.90 Å². The van der Waals surface area contributed by atoms with Crippen molar-refractivity contribution >= 4 is 11.8 Å². The summed E-state index contributed by atoms with van der Waals surface area (Å²) in [7, 11) is 1.95. The van der Waals surface area contributed by atoms with Crippen LogP contribution in [0.5, 0.6) is 0 Å². The molecule has 1 atom stereocenters. The van der Waals surface area contributed by atoms with E-state index in [1.165, 1.54) is 23.6 Å². The molecular weight excluding hydrogens is 220 g/mol. The van der Waals surface area contributed by atoms with Gasteiger partial charge in [0.05, 0.1) is 12.8 Å². The van der Waals surface area contributed by atoms with Crippen LogP contribution in [-0.2, 0) is 13.1 Å². The number of hydrogen-bond acceptors (Lipinski definition) is 4. The molecule has 4 heteroatoms. The zero-order chi connectivity index (χ0) is 11.4. The van der Waals surface area contributed by atoms with Crippen LogP contribution in [0.15, 0.2) is 16.7 Å². The van der Waals surface area contributed by atoms with Crippen LogP contribution >= 0.6 is 11.8 Å². The van der Waals surface area contributed by atoms with Crippen LogP contribution in [0.4, 0.5) is 0 Å². The van der Waals surface area contributed by atoms with Crippen LogP contribution in [0.3, 0.4) is 0 Å². The Morgan fingerprint density at radius 2 is 2.50 bits per heavy atom. The molecule has 1 aliphatic heterocycles. The van der Waals surface area contributed by atoms with Crippen LogP contribution < -0.4 is 5.32 Å². The van der Waals surface area contributed by atoms with E-state index in [4.69, 9.17) is 4.42 Å². The van der Waals surface area contributed by atoms with Gasteiger partial charge in [-0.1, -0.05) is 0 Å². The van der Waals surface area contributed by atoms with Crippen LogP contribution in [0.1, 0.15) is 18.2 Å². The molecule has 0 amide bonds. The highest BCUT2D eigenvalue weighted by Crippen LogP contribution is 2.20. The molecule has 1 N–H and O–H groups in total. The quantitative estimate of drug-likeness (QED) is 0.870. The first-order valence-electron chi connectivity index (χ1n) is 5.83. The number of nitrogens with one attached hydrogen (secondary N) is 1. The number of thioether (sulfide) groups is 1. The van der Waals surface area contributed by atoms with Gasteiger partial charge in [-0.25, -0.2) is 0 Å². The Balaban J connectivity index is 1.99. The first kappa shape index (κ1) is 12.0. The molecule has 0 saturated carbocycles. The van der Waals surface area contributed by atoms with E-state index in [9.17, 15) is 0 Å². The molecule has 3 nitrogen and oxygen atoms in total. The van der Waals surface area contributed by atoms with E-state index in [1.807, 2.05) is 7.05 Å². The SMILES string of the molecule is CNCc1occc1CN1CCSCC1C. The lowest BCUT2D eigenvalue weighted by molar-refractivity contribution is 0.222. The summed E-state index contributed by atoms with van der Waals surface area (Å²) in [5.41, 5.74) is 1.33. The molecule has 0 spiro atoms. The number of hydrogen-bond donors (Lipinski definition) is 1. The van der Waals surface area contributed by atoms with E-state index in [2.05, 4.69) is 35.0 Å². The molecule has 1 aromatic rings. The third-order valence-electron chi connectivity index (χ3n) is 3.05. The minimum absolute atomic E-state index is 0.677. The number of rotatable bonds is 4. The maximum Gasteiger partial charge on any atom is 0.122 e. The molecule has 1 aromatic heterocycles. The molecule has 0 bridgehead atoms. The van der Waals surface area contributed by atoms with Gasteiger partial charge in [0.2, 0.25) is 0 Å². The monoisotopic (exact) mass is 240 g/mol. The Hall–Kier alpha value is -0.450. The molecule has 0 radical (unpaired) electrons. The zero-order valence-corrected chi connectivity index (χ0v) is 10.8. The van der Waals surface area contributed by atoms with E-state index >= 15 is 0 Å². The summed E-state index contributed by atoms with van der Waals surface area (Å²) in [5, 5.41) is 3.14. The molecule has 0 aromatic carbocycles. The smallest absolute Gasteiger partial charge is 0.122 e. The summed E-state index contributed by atoms with van der Waals surface area (Å²) in [6, 6.07) is 2.78. The molecule has 2 rings (SSSR count). The predicted octanol–water partition coefficient (Wildman–Crippen LogP) is 1.94. The third kappa shape index (κ3) is 2.81. The number of nitrogens with zero attached hydrogens (tertiary/aromatic N) is 1. The lowest BCUT2D eigenvalue weighted by Crippen LogP contribution is -2.39. The molecule has 0 aliphatic carbocycles. The van der Waals surface area contributed by atoms with Gasteiger partial charge in [-0.15, -0.1) is 0 Å². The minimum Gasteiger partial charge on any atom is -0.468 e. The Morgan fingerprint density at radius 1 is 1.62 bits per heavy atom. The van der Waals surface area contributed by atoms with Crippen LogP contribution in [-0.4, -0.2) is 36.0 Å². The minimum atomic E-state index is 0.677.